The van der Waals surface area contributed by atoms with Gasteiger partial charge in [-0.15, -0.1) is 0 Å². The summed E-state index contributed by atoms with van der Waals surface area (Å²) in [4.78, 5) is 8.38. The SMILES string of the molecule is CCOc1ccnc(OCC)c1-c1cccnc1. The van der Waals surface area contributed by atoms with Crippen LogP contribution in [0.25, 0.3) is 11.1 Å². The first-order valence-corrected chi connectivity index (χ1v) is 6.01. The zero-order valence-corrected chi connectivity index (χ0v) is 10.6. The molecule has 0 fully saturated rings. The second-order valence-electron chi connectivity index (χ2n) is 3.60. The van der Waals surface area contributed by atoms with E-state index in [1.807, 2.05) is 32.0 Å². The molecular formula is C14H16N2O2. The van der Waals surface area contributed by atoms with E-state index in [-0.39, 0.29) is 0 Å². The molecule has 0 atom stereocenters. The van der Waals surface area contributed by atoms with Crippen molar-refractivity contribution in [2.75, 3.05) is 13.2 Å². The molecule has 0 amide bonds. The molecule has 0 N–H and O–H groups in total. The molecule has 2 heterocycles. The molecule has 0 saturated carbocycles. The number of aromatic nitrogens is 2. The Labute approximate surface area is 107 Å². The Morgan fingerprint density at radius 3 is 2.56 bits per heavy atom. The molecule has 0 aliphatic heterocycles. The summed E-state index contributed by atoms with van der Waals surface area (Å²) < 4.78 is 11.2. The molecule has 4 nitrogen and oxygen atoms in total. The van der Waals surface area contributed by atoms with Crippen molar-refractivity contribution >= 4 is 0 Å². The Bertz CT molecular complexity index is 476. The van der Waals surface area contributed by atoms with Crippen LogP contribution in [0.2, 0.25) is 0 Å². The topological polar surface area (TPSA) is 44.2 Å². The minimum absolute atomic E-state index is 0.565. The number of pyridine rings is 2. The van der Waals surface area contributed by atoms with Gasteiger partial charge in [0, 0.05) is 24.2 Å². The van der Waals surface area contributed by atoms with E-state index in [2.05, 4.69) is 9.97 Å². The molecule has 18 heavy (non-hydrogen) atoms. The van der Waals surface area contributed by atoms with Gasteiger partial charge in [-0.2, -0.15) is 0 Å². The Morgan fingerprint density at radius 1 is 1.06 bits per heavy atom. The molecular weight excluding hydrogens is 228 g/mol. The molecule has 0 radical (unpaired) electrons. The Morgan fingerprint density at radius 2 is 1.89 bits per heavy atom. The van der Waals surface area contributed by atoms with Crippen molar-refractivity contribution in [3.05, 3.63) is 36.8 Å². The summed E-state index contributed by atoms with van der Waals surface area (Å²) in [7, 11) is 0. The minimum Gasteiger partial charge on any atom is -0.493 e. The van der Waals surface area contributed by atoms with Crippen molar-refractivity contribution in [3.63, 3.8) is 0 Å². The van der Waals surface area contributed by atoms with Crippen LogP contribution in [0.4, 0.5) is 0 Å². The zero-order valence-electron chi connectivity index (χ0n) is 10.6. The first-order chi connectivity index (χ1) is 8.86. The summed E-state index contributed by atoms with van der Waals surface area (Å²) in [6.45, 7) is 5.05. The van der Waals surface area contributed by atoms with E-state index < -0.39 is 0 Å². The van der Waals surface area contributed by atoms with Crippen LogP contribution in [0.3, 0.4) is 0 Å². The summed E-state index contributed by atoms with van der Waals surface area (Å²) in [6.07, 6.45) is 5.21. The lowest BCUT2D eigenvalue weighted by Gasteiger charge is -2.13. The van der Waals surface area contributed by atoms with E-state index >= 15 is 0 Å². The Balaban J connectivity index is 2.53. The van der Waals surface area contributed by atoms with Gasteiger partial charge in [-0.05, 0) is 26.0 Å². The van der Waals surface area contributed by atoms with Crippen LogP contribution in [0, 0.1) is 0 Å². The van der Waals surface area contributed by atoms with Crippen molar-refractivity contribution < 1.29 is 9.47 Å². The largest absolute Gasteiger partial charge is 0.493 e. The molecule has 2 aromatic rings. The smallest absolute Gasteiger partial charge is 0.225 e. The number of ether oxygens (including phenoxy) is 2. The molecule has 0 aliphatic carbocycles. The number of hydrogen-bond donors (Lipinski definition) is 0. The highest BCUT2D eigenvalue weighted by Gasteiger charge is 2.14. The van der Waals surface area contributed by atoms with Gasteiger partial charge in [-0.25, -0.2) is 4.98 Å². The first-order valence-electron chi connectivity index (χ1n) is 6.01. The molecule has 0 spiro atoms. The minimum atomic E-state index is 0.565. The highest BCUT2D eigenvalue weighted by molar-refractivity contribution is 5.74. The Hall–Kier alpha value is -2.10. The van der Waals surface area contributed by atoms with Gasteiger partial charge in [0.15, 0.2) is 0 Å². The summed E-state index contributed by atoms with van der Waals surface area (Å²) in [5.74, 6) is 1.35. The van der Waals surface area contributed by atoms with Crippen molar-refractivity contribution in [1.29, 1.82) is 0 Å². The normalized spacial score (nSPS) is 10.1. The monoisotopic (exact) mass is 244 g/mol. The standard InChI is InChI=1S/C14H16N2O2/c1-3-17-12-7-9-16-14(18-4-2)13(12)11-6-5-8-15-10-11/h5-10H,3-4H2,1-2H3. The molecule has 0 aromatic carbocycles. The fourth-order valence-electron chi connectivity index (χ4n) is 1.72. The molecule has 2 rings (SSSR count). The maximum absolute atomic E-state index is 5.63. The first kappa shape index (κ1) is 12.4. The second-order valence-corrected chi connectivity index (χ2v) is 3.60. The van der Waals surface area contributed by atoms with Crippen molar-refractivity contribution in [2.24, 2.45) is 0 Å². The lowest BCUT2D eigenvalue weighted by molar-refractivity contribution is 0.316. The highest BCUT2D eigenvalue weighted by Crippen LogP contribution is 2.36. The van der Waals surface area contributed by atoms with E-state index in [9.17, 15) is 0 Å². The zero-order chi connectivity index (χ0) is 12.8. The van der Waals surface area contributed by atoms with Crippen LogP contribution in [0.1, 0.15) is 13.8 Å². The third kappa shape index (κ3) is 2.59. The number of rotatable bonds is 5. The van der Waals surface area contributed by atoms with E-state index in [1.165, 1.54) is 0 Å². The third-order valence-electron chi connectivity index (χ3n) is 2.41. The predicted molar refractivity (Wildman–Crippen MR) is 69.8 cm³/mol. The van der Waals surface area contributed by atoms with Gasteiger partial charge in [-0.3, -0.25) is 4.98 Å². The summed E-state index contributed by atoms with van der Waals surface area (Å²) >= 11 is 0. The highest BCUT2D eigenvalue weighted by atomic mass is 16.5. The molecule has 2 aromatic heterocycles. The summed E-state index contributed by atoms with van der Waals surface area (Å²) in [5.41, 5.74) is 1.80. The predicted octanol–water partition coefficient (Wildman–Crippen LogP) is 2.94. The van der Waals surface area contributed by atoms with Crippen LogP contribution >= 0.6 is 0 Å². The fraction of sp³-hybridized carbons (Fsp3) is 0.286. The van der Waals surface area contributed by atoms with Gasteiger partial charge < -0.3 is 9.47 Å². The molecule has 0 saturated heterocycles. The van der Waals surface area contributed by atoms with Gasteiger partial charge >= 0.3 is 0 Å². The van der Waals surface area contributed by atoms with Gasteiger partial charge in [0.05, 0.1) is 18.8 Å². The lowest BCUT2D eigenvalue weighted by Crippen LogP contribution is -2.01. The number of hydrogen-bond acceptors (Lipinski definition) is 4. The Kier molecular flexibility index (Phi) is 4.12. The number of nitrogens with zero attached hydrogens (tertiary/aromatic N) is 2. The van der Waals surface area contributed by atoms with Crippen LogP contribution < -0.4 is 9.47 Å². The van der Waals surface area contributed by atoms with Crippen LogP contribution in [0.5, 0.6) is 11.6 Å². The van der Waals surface area contributed by atoms with Gasteiger partial charge in [0.1, 0.15) is 5.75 Å². The fourth-order valence-corrected chi connectivity index (χ4v) is 1.72. The van der Waals surface area contributed by atoms with E-state index in [0.717, 1.165) is 16.9 Å². The van der Waals surface area contributed by atoms with Crippen LogP contribution in [0.15, 0.2) is 36.8 Å². The maximum atomic E-state index is 5.63. The van der Waals surface area contributed by atoms with Crippen LogP contribution in [-0.4, -0.2) is 23.2 Å². The molecule has 0 aliphatic rings. The van der Waals surface area contributed by atoms with Crippen molar-refractivity contribution in [2.45, 2.75) is 13.8 Å². The molecule has 94 valence electrons. The molecule has 0 unspecified atom stereocenters. The van der Waals surface area contributed by atoms with Crippen molar-refractivity contribution in [1.82, 2.24) is 9.97 Å². The third-order valence-corrected chi connectivity index (χ3v) is 2.41. The van der Waals surface area contributed by atoms with E-state index in [0.29, 0.717) is 19.1 Å². The average Bonchev–Trinajstić information content (AvgIpc) is 2.41. The quantitative estimate of drug-likeness (QED) is 0.811. The maximum Gasteiger partial charge on any atom is 0.225 e. The summed E-state index contributed by atoms with van der Waals surface area (Å²) in [6, 6.07) is 5.69. The average molecular weight is 244 g/mol. The van der Waals surface area contributed by atoms with E-state index in [4.69, 9.17) is 9.47 Å². The van der Waals surface area contributed by atoms with E-state index in [1.54, 1.807) is 18.6 Å². The second kappa shape index (κ2) is 6.00. The van der Waals surface area contributed by atoms with Crippen molar-refractivity contribution in [3.8, 4) is 22.8 Å². The van der Waals surface area contributed by atoms with Crippen LogP contribution in [-0.2, 0) is 0 Å². The lowest BCUT2D eigenvalue weighted by atomic mass is 10.1. The molecule has 0 bridgehead atoms. The summed E-state index contributed by atoms with van der Waals surface area (Å²) in [5, 5.41) is 0. The van der Waals surface area contributed by atoms with Gasteiger partial charge in [0.25, 0.3) is 0 Å². The molecule has 4 heteroatoms. The van der Waals surface area contributed by atoms with Gasteiger partial charge in [-0.1, -0.05) is 6.07 Å². The van der Waals surface area contributed by atoms with Gasteiger partial charge in [0.2, 0.25) is 5.88 Å².